The Morgan fingerprint density at radius 1 is 1.38 bits per heavy atom. The Hall–Kier alpha value is 0.310. The third-order valence-electron chi connectivity index (χ3n) is 2.62. The topological polar surface area (TPSA) is 12.0 Å². The standard InChI is InChI=1S/C11H23NS/c1-10(2)12-7-4-3-5-11-6-8-13-9-11/h10-12H,3-9H2,1-2H3. The van der Waals surface area contributed by atoms with Crippen LogP contribution in [0.2, 0.25) is 0 Å². The van der Waals surface area contributed by atoms with Crippen LogP contribution in [0.1, 0.15) is 39.5 Å². The smallest absolute Gasteiger partial charge is 0.00103 e. The van der Waals surface area contributed by atoms with Crippen molar-refractivity contribution in [1.82, 2.24) is 5.32 Å². The molecule has 0 aromatic rings. The molecule has 13 heavy (non-hydrogen) atoms. The molecule has 1 fully saturated rings. The predicted molar refractivity (Wildman–Crippen MR) is 62.4 cm³/mol. The van der Waals surface area contributed by atoms with Gasteiger partial charge in [-0.15, -0.1) is 0 Å². The molecule has 0 aliphatic carbocycles. The lowest BCUT2D eigenvalue weighted by Crippen LogP contribution is -2.23. The zero-order valence-electron chi connectivity index (χ0n) is 9.01. The number of nitrogens with one attached hydrogen (secondary N) is 1. The van der Waals surface area contributed by atoms with Crippen molar-refractivity contribution in [2.24, 2.45) is 5.92 Å². The van der Waals surface area contributed by atoms with Gasteiger partial charge >= 0.3 is 0 Å². The van der Waals surface area contributed by atoms with Gasteiger partial charge in [-0.25, -0.2) is 0 Å². The summed E-state index contributed by atoms with van der Waals surface area (Å²) in [5, 5.41) is 3.47. The summed E-state index contributed by atoms with van der Waals surface area (Å²) >= 11 is 2.14. The molecule has 1 saturated heterocycles. The first-order valence-corrected chi connectivity index (χ1v) is 6.75. The fourth-order valence-electron chi connectivity index (χ4n) is 1.76. The number of hydrogen-bond donors (Lipinski definition) is 1. The second-order valence-corrected chi connectivity index (χ2v) is 5.48. The molecule has 0 aromatic carbocycles. The van der Waals surface area contributed by atoms with Crippen molar-refractivity contribution in [1.29, 1.82) is 0 Å². The average molecular weight is 201 g/mol. The van der Waals surface area contributed by atoms with E-state index in [9.17, 15) is 0 Å². The number of hydrogen-bond acceptors (Lipinski definition) is 2. The molecule has 1 heterocycles. The quantitative estimate of drug-likeness (QED) is 0.663. The van der Waals surface area contributed by atoms with Crippen molar-refractivity contribution in [3.63, 3.8) is 0 Å². The summed E-state index contributed by atoms with van der Waals surface area (Å²) < 4.78 is 0. The molecule has 2 heteroatoms. The van der Waals surface area contributed by atoms with E-state index < -0.39 is 0 Å². The molecule has 0 bridgehead atoms. The fraction of sp³-hybridized carbons (Fsp3) is 1.00. The molecule has 1 N–H and O–H groups in total. The molecule has 0 saturated carbocycles. The number of unbranched alkanes of at least 4 members (excludes halogenated alkanes) is 1. The van der Waals surface area contributed by atoms with Crippen LogP contribution in [0.3, 0.4) is 0 Å². The number of thioether (sulfide) groups is 1. The number of rotatable bonds is 6. The summed E-state index contributed by atoms with van der Waals surface area (Å²) in [6.07, 6.45) is 5.72. The summed E-state index contributed by atoms with van der Waals surface area (Å²) in [6.45, 7) is 5.64. The van der Waals surface area contributed by atoms with Crippen LogP contribution < -0.4 is 5.32 Å². The van der Waals surface area contributed by atoms with Crippen molar-refractivity contribution in [2.45, 2.75) is 45.6 Å². The summed E-state index contributed by atoms with van der Waals surface area (Å²) in [5.74, 6) is 3.89. The monoisotopic (exact) mass is 201 g/mol. The van der Waals surface area contributed by atoms with Crippen LogP contribution in [0.5, 0.6) is 0 Å². The first-order chi connectivity index (χ1) is 6.29. The molecule has 1 aliphatic heterocycles. The van der Waals surface area contributed by atoms with Gasteiger partial charge in [-0.1, -0.05) is 20.3 Å². The fourth-order valence-corrected chi connectivity index (χ4v) is 3.09. The Labute approximate surface area is 87.1 Å². The molecule has 1 nitrogen and oxygen atoms in total. The van der Waals surface area contributed by atoms with Gasteiger partial charge in [0.05, 0.1) is 0 Å². The molecule has 1 rings (SSSR count). The van der Waals surface area contributed by atoms with Gasteiger partial charge in [0.1, 0.15) is 0 Å². The summed E-state index contributed by atoms with van der Waals surface area (Å²) in [4.78, 5) is 0. The highest BCUT2D eigenvalue weighted by Gasteiger charge is 2.14. The van der Waals surface area contributed by atoms with Gasteiger partial charge in [-0.3, -0.25) is 0 Å². The lowest BCUT2D eigenvalue weighted by Gasteiger charge is -2.09. The Bertz CT molecular complexity index is 119. The Morgan fingerprint density at radius 3 is 2.85 bits per heavy atom. The van der Waals surface area contributed by atoms with Crippen molar-refractivity contribution in [3.8, 4) is 0 Å². The van der Waals surface area contributed by atoms with Gasteiger partial charge < -0.3 is 5.32 Å². The zero-order valence-corrected chi connectivity index (χ0v) is 9.83. The van der Waals surface area contributed by atoms with E-state index in [2.05, 4.69) is 30.9 Å². The van der Waals surface area contributed by atoms with Crippen LogP contribution >= 0.6 is 11.8 Å². The highest BCUT2D eigenvalue weighted by atomic mass is 32.2. The summed E-state index contributed by atoms with van der Waals surface area (Å²) in [7, 11) is 0. The van der Waals surface area contributed by atoms with Crippen LogP contribution in [0.15, 0.2) is 0 Å². The highest BCUT2D eigenvalue weighted by Crippen LogP contribution is 2.27. The first-order valence-electron chi connectivity index (χ1n) is 5.60. The van der Waals surface area contributed by atoms with E-state index in [1.165, 1.54) is 43.7 Å². The van der Waals surface area contributed by atoms with E-state index in [0.29, 0.717) is 6.04 Å². The SMILES string of the molecule is CC(C)NCCCCC1CCSC1. The molecule has 0 spiro atoms. The van der Waals surface area contributed by atoms with Crippen LogP contribution in [0.25, 0.3) is 0 Å². The highest BCUT2D eigenvalue weighted by molar-refractivity contribution is 7.99. The van der Waals surface area contributed by atoms with Crippen LogP contribution in [0, 0.1) is 5.92 Å². The van der Waals surface area contributed by atoms with Gasteiger partial charge in [0.25, 0.3) is 0 Å². The van der Waals surface area contributed by atoms with E-state index in [-0.39, 0.29) is 0 Å². The Morgan fingerprint density at radius 2 is 2.23 bits per heavy atom. The third kappa shape index (κ3) is 5.58. The normalized spacial score (nSPS) is 22.8. The van der Waals surface area contributed by atoms with Crippen LogP contribution in [-0.2, 0) is 0 Å². The van der Waals surface area contributed by atoms with E-state index in [4.69, 9.17) is 0 Å². The van der Waals surface area contributed by atoms with Gasteiger partial charge in [0.2, 0.25) is 0 Å². The lowest BCUT2D eigenvalue weighted by molar-refractivity contribution is 0.485. The van der Waals surface area contributed by atoms with Gasteiger partial charge in [0.15, 0.2) is 0 Å². The molecule has 0 aromatic heterocycles. The van der Waals surface area contributed by atoms with Crippen molar-refractivity contribution in [3.05, 3.63) is 0 Å². The first kappa shape index (κ1) is 11.4. The summed E-state index contributed by atoms with van der Waals surface area (Å²) in [6, 6.07) is 0.655. The lowest BCUT2D eigenvalue weighted by atomic mass is 10.0. The molecule has 1 atom stereocenters. The van der Waals surface area contributed by atoms with Crippen molar-refractivity contribution in [2.75, 3.05) is 18.1 Å². The molecule has 1 aliphatic rings. The van der Waals surface area contributed by atoms with Gasteiger partial charge in [-0.05, 0) is 43.2 Å². The molecule has 1 unspecified atom stereocenters. The maximum Gasteiger partial charge on any atom is 0.00103 e. The van der Waals surface area contributed by atoms with Gasteiger partial charge in [0, 0.05) is 6.04 Å². The minimum absolute atomic E-state index is 0.655. The molecule has 0 amide bonds. The van der Waals surface area contributed by atoms with Gasteiger partial charge in [-0.2, -0.15) is 11.8 Å². The predicted octanol–water partition coefficient (Wildman–Crippen LogP) is 2.91. The molecular formula is C11H23NS. The van der Waals surface area contributed by atoms with E-state index in [1.807, 2.05) is 0 Å². The average Bonchev–Trinajstić information content (AvgIpc) is 2.55. The minimum atomic E-state index is 0.655. The Kier molecular flexibility index (Phi) is 5.88. The second kappa shape index (κ2) is 6.72. The van der Waals surface area contributed by atoms with Crippen molar-refractivity contribution < 1.29 is 0 Å². The minimum Gasteiger partial charge on any atom is -0.315 e. The molecule has 78 valence electrons. The molecular weight excluding hydrogens is 178 g/mol. The second-order valence-electron chi connectivity index (χ2n) is 4.33. The van der Waals surface area contributed by atoms with Crippen LogP contribution in [-0.4, -0.2) is 24.1 Å². The molecule has 0 radical (unpaired) electrons. The van der Waals surface area contributed by atoms with Crippen molar-refractivity contribution >= 4 is 11.8 Å². The van der Waals surface area contributed by atoms with E-state index in [1.54, 1.807) is 0 Å². The largest absolute Gasteiger partial charge is 0.315 e. The Balaban J connectivity index is 1.83. The maximum absolute atomic E-state index is 3.47. The zero-order chi connectivity index (χ0) is 9.52. The van der Waals surface area contributed by atoms with E-state index in [0.717, 1.165) is 5.92 Å². The van der Waals surface area contributed by atoms with Crippen LogP contribution in [0.4, 0.5) is 0 Å². The van der Waals surface area contributed by atoms with E-state index >= 15 is 0 Å². The third-order valence-corrected chi connectivity index (χ3v) is 3.85. The summed E-state index contributed by atoms with van der Waals surface area (Å²) in [5.41, 5.74) is 0. The maximum atomic E-state index is 3.47.